The first-order chi connectivity index (χ1) is 11.8. The Morgan fingerprint density at radius 1 is 1.24 bits per heavy atom. The Morgan fingerprint density at radius 3 is 2.88 bits per heavy atom. The van der Waals surface area contributed by atoms with Gasteiger partial charge in [-0.2, -0.15) is 0 Å². The van der Waals surface area contributed by atoms with E-state index >= 15 is 0 Å². The van der Waals surface area contributed by atoms with Crippen molar-refractivity contribution in [2.75, 3.05) is 59.4 Å². The van der Waals surface area contributed by atoms with Crippen molar-refractivity contribution < 1.29 is 0 Å². The molecule has 1 aromatic rings. The van der Waals surface area contributed by atoms with Crippen LogP contribution in [-0.2, 0) is 6.42 Å². The Morgan fingerprint density at radius 2 is 2.12 bits per heavy atom. The predicted octanol–water partition coefficient (Wildman–Crippen LogP) is 2.49. The molecule has 0 spiro atoms. The van der Waals surface area contributed by atoms with Crippen molar-refractivity contribution in [2.24, 2.45) is 4.99 Å². The summed E-state index contributed by atoms with van der Waals surface area (Å²) in [4.78, 5) is 11.1. The van der Waals surface area contributed by atoms with Gasteiger partial charge >= 0.3 is 0 Å². The summed E-state index contributed by atoms with van der Waals surface area (Å²) < 4.78 is 0. The first-order valence-electron chi connectivity index (χ1n) is 9.23. The molecule has 2 rings (SSSR count). The van der Waals surface area contributed by atoms with Gasteiger partial charge in [0, 0.05) is 37.6 Å². The molecule has 0 saturated carbocycles. The molecule has 1 saturated heterocycles. The van der Waals surface area contributed by atoms with E-state index in [1.165, 1.54) is 37.5 Å². The number of hydrogen-bond donors (Lipinski definition) is 2. The lowest BCUT2D eigenvalue weighted by Crippen LogP contribution is -2.38. The fourth-order valence-electron chi connectivity index (χ4n) is 2.91. The fourth-order valence-corrected chi connectivity index (χ4v) is 3.62. The molecule has 0 radical (unpaired) electrons. The maximum absolute atomic E-state index is 4.72. The number of likely N-dealkylation sites (N-methyl/N-ethyl adjacent to an activating group) is 1. The Balaban J connectivity index is 0.00000312. The number of hydrogen-bond acceptors (Lipinski definition) is 4. The molecule has 0 bridgehead atoms. The lowest BCUT2D eigenvalue weighted by atomic mass is 10.3. The summed E-state index contributed by atoms with van der Waals surface area (Å²) in [5.74, 6) is 0.949. The van der Waals surface area contributed by atoms with E-state index in [1.54, 1.807) is 0 Å². The molecule has 0 atom stereocenters. The minimum absolute atomic E-state index is 0. The minimum atomic E-state index is 0. The molecule has 7 heteroatoms. The smallest absolute Gasteiger partial charge is 0.191 e. The van der Waals surface area contributed by atoms with Gasteiger partial charge in [-0.05, 0) is 64.3 Å². The molecule has 0 aromatic carbocycles. The summed E-state index contributed by atoms with van der Waals surface area (Å²) in [6.07, 6.45) is 3.47. The van der Waals surface area contributed by atoms with Crippen LogP contribution in [0.3, 0.4) is 0 Å². The topological polar surface area (TPSA) is 42.9 Å². The Kier molecular flexibility index (Phi) is 12.5. The Bertz CT molecular complexity index is 466. The van der Waals surface area contributed by atoms with E-state index in [1.807, 2.05) is 11.3 Å². The van der Waals surface area contributed by atoms with Crippen molar-refractivity contribution in [3.8, 4) is 0 Å². The van der Waals surface area contributed by atoms with E-state index in [0.29, 0.717) is 0 Å². The zero-order valence-electron chi connectivity index (χ0n) is 15.7. The third kappa shape index (κ3) is 9.77. The van der Waals surface area contributed by atoms with Crippen LogP contribution in [0.5, 0.6) is 0 Å². The van der Waals surface area contributed by atoms with Crippen molar-refractivity contribution in [1.29, 1.82) is 0 Å². The maximum atomic E-state index is 4.72. The third-order valence-corrected chi connectivity index (χ3v) is 5.24. The molecular formula is C18H34IN5S. The van der Waals surface area contributed by atoms with Crippen LogP contribution < -0.4 is 10.6 Å². The van der Waals surface area contributed by atoms with E-state index < -0.39 is 0 Å². The van der Waals surface area contributed by atoms with E-state index in [4.69, 9.17) is 4.99 Å². The first kappa shape index (κ1) is 22.7. The van der Waals surface area contributed by atoms with Gasteiger partial charge < -0.3 is 20.4 Å². The molecule has 1 aliphatic heterocycles. The predicted molar refractivity (Wildman–Crippen MR) is 121 cm³/mol. The molecule has 5 nitrogen and oxygen atoms in total. The van der Waals surface area contributed by atoms with E-state index in [9.17, 15) is 0 Å². The number of nitrogens with zero attached hydrogens (tertiary/aromatic N) is 3. The summed E-state index contributed by atoms with van der Waals surface area (Å²) in [5, 5.41) is 8.91. The van der Waals surface area contributed by atoms with Gasteiger partial charge in [0.2, 0.25) is 0 Å². The monoisotopic (exact) mass is 479 g/mol. The molecule has 144 valence electrons. The van der Waals surface area contributed by atoms with Gasteiger partial charge in [0.1, 0.15) is 0 Å². The Labute approximate surface area is 174 Å². The van der Waals surface area contributed by atoms with E-state index in [-0.39, 0.29) is 24.0 Å². The largest absolute Gasteiger partial charge is 0.357 e. The summed E-state index contributed by atoms with van der Waals surface area (Å²) >= 11 is 1.82. The van der Waals surface area contributed by atoms with Crippen LogP contribution in [-0.4, -0.2) is 75.2 Å². The first-order valence-corrected chi connectivity index (χ1v) is 10.1. The standard InChI is InChI=1S/C18H33N5S.HI/c1-3-19-18(21-10-8-17-7-4-16-24-17)20-9-5-12-23-13-6-11-22(2)14-15-23;/h4,7,16H,3,5-6,8-15H2,1-2H3,(H2,19,20,21);1H. The highest BCUT2D eigenvalue weighted by atomic mass is 127. The molecule has 0 aliphatic carbocycles. The Hall–Kier alpha value is -0.380. The number of thiophene rings is 1. The summed E-state index contributed by atoms with van der Waals surface area (Å²) in [5.41, 5.74) is 0. The summed E-state index contributed by atoms with van der Waals surface area (Å²) in [6, 6.07) is 4.30. The normalized spacial score (nSPS) is 17.0. The zero-order valence-corrected chi connectivity index (χ0v) is 18.8. The van der Waals surface area contributed by atoms with Crippen molar-refractivity contribution in [3.63, 3.8) is 0 Å². The van der Waals surface area contributed by atoms with Gasteiger partial charge in [-0.25, -0.2) is 0 Å². The zero-order chi connectivity index (χ0) is 17.0. The van der Waals surface area contributed by atoms with Crippen LogP contribution >= 0.6 is 35.3 Å². The molecule has 1 aromatic heterocycles. The minimum Gasteiger partial charge on any atom is -0.357 e. The van der Waals surface area contributed by atoms with E-state index in [2.05, 4.69) is 51.9 Å². The van der Waals surface area contributed by atoms with Gasteiger partial charge in [0.05, 0.1) is 0 Å². The van der Waals surface area contributed by atoms with Gasteiger partial charge in [-0.1, -0.05) is 6.07 Å². The van der Waals surface area contributed by atoms with Crippen LogP contribution in [0.15, 0.2) is 22.5 Å². The summed E-state index contributed by atoms with van der Waals surface area (Å²) in [7, 11) is 2.22. The fraction of sp³-hybridized carbons (Fsp3) is 0.722. The number of halogens is 1. The molecule has 1 aliphatic rings. The van der Waals surface area contributed by atoms with Crippen LogP contribution in [0, 0.1) is 0 Å². The number of aliphatic imine (C=N–C) groups is 1. The maximum Gasteiger partial charge on any atom is 0.191 e. The van der Waals surface area contributed by atoms with Crippen molar-refractivity contribution in [2.45, 2.75) is 26.2 Å². The molecule has 25 heavy (non-hydrogen) atoms. The van der Waals surface area contributed by atoms with Gasteiger partial charge in [-0.3, -0.25) is 4.99 Å². The average Bonchev–Trinajstić information content (AvgIpc) is 3.00. The van der Waals surface area contributed by atoms with Crippen LogP contribution in [0.1, 0.15) is 24.6 Å². The SMILES string of the molecule is CCNC(=NCCCN1CCCN(C)CC1)NCCc1cccs1.I. The molecule has 1 fully saturated rings. The van der Waals surface area contributed by atoms with Gasteiger partial charge in [0.25, 0.3) is 0 Å². The molecular weight excluding hydrogens is 445 g/mol. The number of nitrogens with one attached hydrogen (secondary N) is 2. The third-order valence-electron chi connectivity index (χ3n) is 4.30. The second-order valence-corrected chi connectivity index (χ2v) is 7.40. The van der Waals surface area contributed by atoms with Crippen LogP contribution in [0.2, 0.25) is 0 Å². The average molecular weight is 479 g/mol. The highest BCUT2D eigenvalue weighted by Crippen LogP contribution is 2.08. The van der Waals surface area contributed by atoms with Gasteiger partial charge in [0.15, 0.2) is 5.96 Å². The second-order valence-electron chi connectivity index (χ2n) is 6.37. The summed E-state index contributed by atoms with van der Waals surface area (Å²) in [6.45, 7) is 10.8. The van der Waals surface area contributed by atoms with Crippen molar-refractivity contribution in [1.82, 2.24) is 20.4 Å². The van der Waals surface area contributed by atoms with E-state index in [0.717, 1.165) is 45.0 Å². The molecule has 0 amide bonds. The highest BCUT2D eigenvalue weighted by Gasteiger charge is 2.11. The van der Waals surface area contributed by atoms with Crippen LogP contribution in [0.25, 0.3) is 0 Å². The molecule has 2 heterocycles. The van der Waals surface area contributed by atoms with Crippen LogP contribution in [0.4, 0.5) is 0 Å². The number of rotatable bonds is 8. The second kappa shape index (κ2) is 13.8. The molecule has 0 unspecified atom stereocenters. The lowest BCUT2D eigenvalue weighted by molar-refractivity contribution is 0.275. The quantitative estimate of drug-likeness (QED) is 0.260. The highest BCUT2D eigenvalue weighted by molar-refractivity contribution is 14.0. The van der Waals surface area contributed by atoms with Crippen molar-refractivity contribution in [3.05, 3.63) is 22.4 Å². The molecule has 2 N–H and O–H groups in total. The lowest BCUT2D eigenvalue weighted by Gasteiger charge is -2.19. The van der Waals surface area contributed by atoms with Gasteiger partial charge in [-0.15, -0.1) is 35.3 Å². The van der Waals surface area contributed by atoms with Crippen molar-refractivity contribution >= 4 is 41.3 Å². The number of guanidine groups is 1.